The van der Waals surface area contributed by atoms with Crippen LogP contribution in [0.3, 0.4) is 0 Å². The van der Waals surface area contributed by atoms with E-state index in [-0.39, 0.29) is 11.8 Å². The van der Waals surface area contributed by atoms with E-state index in [0.717, 1.165) is 25.2 Å². The second kappa shape index (κ2) is 9.36. The van der Waals surface area contributed by atoms with Crippen LogP contribution >= 0.6 is 0 Å². The lowest BCUT2D eigenvalue weighted by Gasteiger charge is -2.30. The van der Waals surface area contributed by atoms with Crippen molar-refractivity contribution in [3.63, 3.8) is 0 Å². The summed E-state index contributed by atoms with van der Waals surface area (Å²) < 4.78 is 0. The molecule has 2 rings (SSSR count). The van der Waals surface area contributed by atoms with Gasteiger partial charge in [-0.25, -0.2) is 0 Å². The number of nitrogens with one attached hydrogen (secondary N) is 1. The molecular formula is C21H28N2O. The number of nitrogens with zero attached hydrogens (tertiary/aromatic N) is 1. The Morgan fingerprint density at radius 3 is 2.21 bits per heavy atom. The highest BCUT2D eigenvalue weighted by atomic mass is 16.1. The van der Waals surface area contributed by atoms with Crippen LogP contribution in [0.5, 0.6) is 0 Å². The monoisotopic (exact) mass is 324 g/mol. The van der Waals surface area contributed by atoms with E-state index >= 15 is 0 Å². The molecule has 3 nitrogen and oxygen atoms in total. The second-order valence-electron chi connectivity index (χ2n) is 6.07. The molecule has 24 heavy (non-hydrogen) atoms. The van der Waals surface area contributed by atoms with Gasteiger partial charge in [-0.3, -0.25) is 9.69 Å². The van der Waals surface area contributed by atoms with Crippen molar-refractivity contribution in [2.24, 2.45) is 0 Å². The van der Waals surface area contributed by atoms with Gasteiger partial charge in [0.2, 0.25) is 0 Å². The van der Waals surface area contributed by atoms with Crippen LogP contribution in [-0.2, 0) is 0 Å². The van der Waals surface area contributed by atoms with Crippen LogP contribution in [-0.4, -0.2) is 36.9 Å². The van der Waals surface area contributed by atoms with Gasteiger partial charge in [-0.1, -0.05) is 74.0 Å². The van der Waals surface area contributed by atoms with Gasteiger partial charge in [-0.05, 0) is 25.6 Å². The molecule has 0 heterocycles. The molecule has 1 unspecified atom stereocenters. The van der Waals surface area contributed by atoms with Crippen LogP contribution in [0.1, 0.15) is 41.4 Å². The third kappa shape index (κ3) is 5.02. The topological polar surface area (TPSA) is 32.3 Å². The van der Waals surface area contributed by atoms with Crippen LogP contribution in [0.2, 0.25) is 0 Å². The highest BCUT2D eigenvalue weighted by Crippen LogP contribution is 2.20. The fourth-order valence-corrected chi connectivity index (χ4v) is 2.96. The second-order valence-corrected chi connectivity index (χ2v) is 6.07. The molecule has 1 N–H and O–H groups in total. The maximum Gasteiger partial charge on any atom is 0.176 e. The number of aryl methyl sites for hydroxylation is 1. The van der Waals surface area contributed by atoms with Crippen LogP contribution < -0.4 is 5.32 Å². The number of rotatable bonds is 9. The minimum Gasteiger partial charge on any atom is -0.308 e. The molecule has 0 saturated heterocycles. The van der Waals surface area contributed by atoms with E-state index in [0.29, 0.717) is 6.54 Å². The minimum atomic E-state index is 0.137. The van der Waals surface area contributed by atoms with Crippen molar-refractivity contribution in [2.45, 2.75) is 26.8 Å². The highest BCUT2D eigenvalue weighted by Gasteiger charge is 2.18. The van der Waals surface area contributed by atoms with Gasteiger partial charge in [0.25, 0.3) is 0 Å². The van der Waals surface area contributed by atoms with Gasteiger partial charge in [0, 0.05) is 18.2 Å². The van der Waals surface area contributed by atoms with E-state index in [1.165, 1.54) is 11.1 Å². The van der Waals surface area contributed by atoms with Crippen molar-refractivity contribution in [1.82, 2.24) is 10.2 Å². The van der Waals surface area contributed by atoms with Crippen molar-refractivity contribution < 1.29 is 4.79 Å². The molecule has 0 radical (unpaired) electrons. The first-order chi connectivity index (χ1) is 11.7. The average molecular weight is 324 g/mol. The van der Waals surface area contributed by atoms with Gasteiger partial charge < -0.3 is 5.32 Å². The van der Waals surface area contributed by atoms with Crippen molar-refractivity contribution in [3.8, 4) is 0 Å². The molecule has 0 bridgehead atoms. The molecule has 3 heteroatoms. The molecule has 0 aliphatic carbocycles. The van der Waals surface area contributed by atoms with Gasteiger partial charge >= 0.3 is 0 Å². The first-order valence-corrected chi connectivity index (χ1v) is 8.75. The van der Waals surface area contributed by atoms with E-state index in [1.807, 2.05) is 30.3 Å². The number of Topliss-reactive ketones (excluding diaryl/α,β-unsaturated/α-hetero) is 1. The molecule has 0 aromatic heterocycles. The van der Waals surface area contributed by atoms with Crippen LogP contribution in [0.25, 0.3) is 0 Å². The largest absolute Gasteiger partial charge is 0.308 e. The molecule has 1 atom stereocenters. The zero-order chi connectivity index (χ0) is 17.4. The Labute approximate surface area is 145 Å². The quantitative estimate of drug-likeness (QED) is 0.711. The Hall–Kier alpha value is -1.97. The summed E-state index contributed by atoms with van der Waals surface area (Å²) in [6.07, 6.45) is 0. The molecule has 128 valence electrons. The molecule has 0 spiro atoms. The number of carbonyl (C=O) groups excluding carboxylic acids is 1. The lowest BCUT2D eigenvalue weighted by Crippen LogP contribution is -2.37. The first-order valence-electron chi connectivity index (χ1n) is 8.75. The maximum absolute atomic E-state index is 12.2. The smallest absolute Gasteiger partial charge is 0.176 e. The summed E-state index contributed by atoms with van der Waals surface area (Å²) in [5.74, 6) is 0.137. The Morgan fingerprint density at radius 1 is 1.00 bits per heavy atom. The fourth-order valence-electron chi connectivity index (χ4n) is 2.96. The van der Waals surface area contributed by atoms with Crippen molar-refractivity contribution in [1.29, 1.82) is 0 Å². The van der Waals surface area contributed by atoms with Gasteiger partial charge in [0.1, 0.15) is 0 Å². The van der Waals surface area contributed by atoms with Crippen LogP contribution in [0.4, 0.5) is 0 Å². The summed E-state index contributed by atoms with van der Waals surface area (Å²) in [4.78, 5) is 14.7. The van der Waals surface area contributed by atoms with Crippen LogP contribution in [0.15, 0.2) is 54.6 Å². The summed E-state index contributed by atoms with van der Waals surface area (Å²) in [5, 5.41) is 3.35. The Balaban J connectivity index is 2.00. The van der Waals surface area contributed by atoms with E-state index in [2.05, 4.69) is 55.3 Å². The summed E-state index contributed by atoms with van der Waals surface area (Å²) in [6.45, 7) is 9.58. The molecule has 0 aliphatic heterocycles. The molecule has 0 amide bonds. The third-order valence-corrected chi connectivity index (χ3v) is 4.43. The van der Waals surface area contributed by atoms with E-state index in [1.54, 1.807) is 0 Å². The summed E-state index contributed by atoms with van der Waals surface area (Å²) >= 11 is 0. The fraction of sp³-hybridized carbons (Fsp3) is 0.381. The van der Waals surface area contributed by atoms with E-state index < -0.39 is 0 Å². The normalized spacial score (nSPS) is 12.3. The summed E-state index contributed by atoms with van der Waals surface area (Å²) in [5.41, 5.74) is 3.33. The number of carbonyl (C=O) groups is 1. The zero-order valence-electron chi connectivity index (χ0n) is 15.0. The summed E-state index contributed by atoms with van der Waals surface area (Å²) in [6, 6.07) is 18.4. The Kier molecular flexibility index (Phi) is 7.16. The van der Waals surface area contributed by atoms with Crippen molar-refractivity contribution in [2.75, 3.05) is 26.2 Å². The standard InChI is InChI=1S/C21H28N2O/c1-4-23(5-2)20(18-13-11-17(3)12-14-18)15-22-16-21(24)19-9-7-6-8-10-19/h6-14,20,22H,4-5,15-16H2,1-3H3. The molecule has 0 fully saturated rings. The number of hydrogen-bond acceptors (Lipinski definition) is 3. The minimum absolute atomic E-state index is 0.137. The third-order valence-electron chi connectivity index (χ3n) is 4.43. The van der Waals surface area contributed by atoms with Crippen molar-refractivity contribution >= 4 is 5.78 Å². The van der Waals surface area contributed by atoms with Gasteiger partial charge in [0.05, 0.1) is 6.54 Å². The van der Waals surface area contributed by atoms with Gasteiger partial charge in [-0.15, -0.1) is 0 Å². The SMILES string of the molecule is CCN(CC)C(CNCC(=O)c1ccccc1)c1ccc(C)cc1. The molecule has 2 aromatic rings. The van der Waals surface area contributed by atoms with Crippen molar-refractivity contribution in [3.05, 3.63) is 71.3 Å². The first kappa shape index (κ1) is 18.4. The van der Waals surface area contributed by atoms with E-state index in [4.69, 9.17) is 0 Å². The van der Waals surface area contributed by atoms with Gasteiger partial charge in [-0.2, -0.15) is 0 Å². The number of hydrogen-bond donors (Lipinski definition) is 1. The van der Waals surface area contributed by atoms with Gasteiger partial charge in [0.15, 0.2) is 5.78 Å². The Morgan fingerprint density at radius 2 is 1.62 bits per heavy atom. The predicted molar refractivity (Wildman–Crippen MR) is 100 cm³/mol. The predicted octanol–water partition coefficient (Wildman–Crippen LogP) is 3.85. The lowest BCUT2D eigenvalue weighted by molar-refractivity contribution is 0.0987. The number of benzene rings is 2. The average Bonchev–Trinajstić information content (AvgIpc) is 2.62. The van der Waals surface area contributed by atoms with Crippen LogP contribution in [0, 0.1) is 6.92 Å². The molecular weight excluding hydrogens is 296 g/mol. The molecule has 2 aromatic carbocycles. The molecule has 0 aliphatic rings. The maximum atomic E-state index is 12.2. The Bertz CT molecular complexity index is 618. The number of likely N-dealkylation sites (N-methyl/N-ethyl adjacent to an activating group) is 1. The highest BCUT2D eigenvalue weighted by molar-refractivity contribution is 5.97. The number of ketones is 1. The summed E-state index contributed by atoms with van der Waals surface area (Å²) in [7, 11) is 0. The molecule has 0 saturated carbocycles. The lowest BCUT2D eigenvalue weighted by atomic mass is 10.0. The van der Waals surface area contributed by atoms with E-state index in [9.17, 15) is 4.79 Å². The zero-order valence-corrected chi connectivity index (χ0v) is 15.0.